The minimum absolute atomic E-state index is 0.164. The molecule has 2 aromatic carbocycles. The van der Waals surface area contributed by atoms with Crippen LogP contribution in [0.15, 0.2) is 48.5 Å². The maximum absolute atomic E-state index is 12.2. The van der Waals surface area contributed by atoms with Crippen LogP contribution in [0.25, 0.3) is 0 Å². The average molecular weight is 349 g/mol. The molecule has 1 N–H and O–H groups in total. The molecule has 1 fully saturated rings. The quantitative estimate of drug-likeness (QED) is 0.868. The van der Waals surface area contributed by atoms with Crippen molar-refractivity contribution in [3.63, 3.8) is 0 Å². The standard InChI is InChI=1S/C22H27N3O/c1-24(2)19-11-9-17(10-12-19)21(15-23-22(26)18-7-8-18)25-14-13-16-5-3-4-6-20(16)25/h3-6,9-12,18,21H,7-8,13-15H2,1-2H3,(H,23,26)/t21-/m0/s1. The summed E-state index contributed by atoms with van der Waals surface area (Å²) < 4.78 is 0. The fourth-order valence-electron chi connectivity index (χ4n) is 3.78. The maximum atomic E-state index is 12.2. The monoisotopic (exact) mass is 349 g/mol. The Labute approximate surface area is 155 Å². The maximum Gasteiger partial charge on any atom is 0.223 e. The Balaban J connectivity index is 1.59. The molecule has 0 spiro atoms. The summed E-state index contributed by atoms with van der Waals surface area (Å²) in [5.41, 5.74) is 5.14. The van der Waals surface area contributed by atoms with Crippen LogP contribution in [0.4, 0.5) is 11.4 Å². The summed E-state index contributed by atoms with van der Waals surface area (Å²) in [6.45, 7) is 1.66. The van der Waals surface area contributed by atoms with Crippen molar-refractivity contribution in [1.82, 2.24) is 5.32 Å². The minimum Gasteiger partial charge on any atom is -0.378 e. The third-order valence-corrected chi connectivity index (χ3v) is 5.51. The van der Waals surface area contributed by atoms with Crippen molar-refractivity contribution in [3.05, 3.63) is 59.7 Å². The third-order valence-electron chi connectivity index (χ3n) is 5.51. The lowest BCUT2D eigenvalue weighted by molar-refractivity contribution is -0.122. The second kappa shape index (κ2) is 7.02. The van der Waals surface area contributed by atoms with Gasteiger partial charge in [0.1, 0.15) is 0 Å². The number of benzene rings is 2. The first kappa shape index (κ1) is 17.0. The second-order valence-electron chi connectivity index (χ2n) is 7.59. The first-order chi connectivity index (χ1) is 12.6. The van der Waals surface area contributed by atoms with E-state index in [2.05, 4.69) is 77.7 Å². The molecule has 1 atom stereocenters. The lowest BCUT2D eigenvalue weighted by atomic mass is 10.0. The number of carbonyl (C=O) groups is 1. The van der Waals surface area contributed by atoms with Crippen LogP contribution >= 0.6 is 0 Å². The molecule has 1 saturated carbocycles. The van der Waals surface area contributed by atoms with Gasteiger partial charge in [-0.3, -0.25) is 4.79 Å². The molecular weight excluding hydrogens is 322 g/mol. The first-order valence-electron chi connectivity index (χ1n) is 9.53. The molecule has 26 heavy (non-hydrogen) atoms. The predicted octanol–water partition coefficient (Wildman–Crippen LogP) is 3.38. The van der Waals surface area contributed by atoms with Crippen LogP contribution in [0.2, 0.25) is 0 Å². The van der Waals surface area contributed by atoms with Gasteiger partial charge < -0.3 is 15.1 Å². The van der Waals surface area contributed by atoms with Gasteiger partial charge in [0.2, 0.25) is 5.91 Å². The highest BCUT2D eigenvalue weighted by Crippen LogP contribution is 2.35. The van der Waals surface area contributed by atoms with Gasteiger partial charge in [-0.25, -0.2) is 0 Å². The molecule has 2 aliphatic rings. The average Bonchev–Trinajstić information content (AvgIpc) is 3.43. The number of para-hydroxylation sites is 1. The van der Waals surface area contributed by atoms with Crippen LogP contribution in [0.3, 0.4) is 0 Å². The number of hydrogen-bond acceptors (Lipinski definition) is 3. The van der Waals surface area contributed by atoms with Crippen molar-refractivity contribution in [3.8, 4) is 0 Å². The first-order valence-corrected chi connectivity index (χ1v) is 9.53. The Kier molecular flexibility index (Phi) is 4.58. The van der Waals surface area contributed by atoms with E-state index in [9.17, 15) is 4.79 Å². The Hall–Kier alpha value is -2.49. The number of anilines is 2. The lowest BCUT2D eigenvalue weighted by Crippen LogP contribution is -2.38. The van der Waals surface area contributed by atoms with Crippen LogP contribution in [0.5, 0.6) is 0 Å². The SMILES string of the molecule is CN(C)c1ccc([C@H](CNC(=O)C2CC2)N2CCc3ccccc32)cc1. The van der Waals surface area contributed by atoms with Gasteiger partial charge in [-0.05, 0) is 48.6 Å². The summed E-state index contributed by atoms with van der Waals surface area (Å²) in [5.74, 6) is 0.463. The van der Waals surface area contributed by atoms with Crippen LogP contribution < -0.4 is 15.1 Å². The Morgan fingerprint density at radius 1 is 1.15 bits per heavy atom. The number of nitrogens with one attached hydrogen (secondary N) is 1. The fraction of sp³-hybridized carbons (Fsp3) is 0.409. The van der Waals surface area contributed by atoms with Crippen molar-refractivity contribution in [2.45, 2.75) is 25.3 Å². The van der Waals surface area contributed by atoms with E-state index in [0.29, 0.717) is 6.54 Å². The van der Waals surface area contributed by atoms with Gasteiger partial charge in [0.05, 0.1) is 6.04 Å². The largest absolute Gasteiger partial charge is 0.378 e. The van der Waals surface area contributed by atoms with Gasteiger partial charge in [0.15, 0.2) is 0 Å². The smallest absolute Gasteiger partial charge is 0.223 e. The Morgan fingerprint density at radius 2 is 1.88 bits per heavy atom. The zero-order valence-corrected chi connectivity index (χ0v) is 15.6. The van der Waals surface area contributed by atoms with E-state index in [-0.39, 0.29) is 17.9 Å². The van der Waals surface area contributed by atoms with E-state index in [4.69, 9.17) is 0 Å². The Bertz CT molecular complexity index is 780. The molecule has 1 aliphatic carbocycles. The van der Waals surface area contributed by atoms with Gasteiger partial charge in [-0.15, -0.1) is 0 Å². The zero-order valence-electron chi connectivity index (χ0n) is 15.6. The van der Waals surface area contributed by atoms with Crippen molar-refractivity contribution in [2.24, 2.45) is 5.92 Å². The summed E-state index contributed by atoms with van der Waals surface area (Å²) in [5, 5.41) is 3.20. The van der Waals surface area contributed by atoms with E-state index in [1.165, 1.54) is 22.5 Å². The minimum atomic E-state index is 0.164. The number of carbonyl (C=O) groups excluding carboxylic acids is 1. The molecular formula is C22H27N3O. The fourth-order valence-corrected chi connectivity index (χ4v) is 3.78. The van der Waals surface area contributed by atoms with E-state index >= 15 is 0 Å². The van der Waals surface area contributed by atoms with E-state index in [0.717, 1.165) is 25.8 Å². The number of hydrogen-bond donors (Lipinski definition) is 1. The lowest BCUT2D eigenvalue weighted by Gasteiger charge is -2.31. The summed E-state index contributed by atoms with van der Waals surface area (Å²) in [6.07, 6.45) is 3.15. The van der Waals surface area contributed by atoms with Crippen molar-refractivity contribution < 1.29 is 4.79 Å². The third kappa shape index (κ3) is 3.41. The predicted molar refractivity (Wildman–Crippen MR) is 107 cm³/mol. The molecule has 0 saturated heterocycles. The summed E-state index contributed by atoms with van der Waals surface area (Å²) >= 11 is 0. The number of fused-ring (bicyclic) bond motifs is 1. The summed E-state index contributed by atoms with van der Waals surface area (Å²) in [7, 11) is 4.11. The molecule has 4 rings (SSSR count). The van der Waals surface area contributed by atoms with Crippen LogP contribution in [0, 0.1) is 5.92 Å². The molecule has 1 heterocycles. The molecule has 2 aromatic rings. The van der Waals surface area contributed by atoms with E-state index in [1.807, 2.05) is 0 Å². The van der Waals surface area contributed by atoms with Gasteiger partial charge in [0, 0.05) is 44.5 Å². The molecule has 0 aromatic heterocycles. The van der Waals surface area contributed by atoms with Gasteiger partial charge in [-0.2, -0.15) is 0 Å². The highest BCUT2D eigenvalue weighted by molar-refractivity contribution is 5.81. The molecule has 136 valence electrons. The van der Waals surface area contributed by atoms with Crippen molar-refractivity contribution >= 4 is 17.3 Å². The van der Waals surface area contributed by atoms with Crippen LogP contribution in [0.1, 0.15) is 30.0 Å². The van der Waals surface area contributed by atoms with Crippen molar-refractivity contribution in [2.75, 3.05) is 37.0 Å². The molecule has 4 heteroatoms. The van der Waals surface area contributed by atoms with Crippen molar-refractivity contribution in [1.29, 1.82) is 0 Å². The molecule has 0 bridgehead atoms. The topological polar surface area (TPSA) is 35.6 Å². The summed E-state index contributed by atoms with van der Waals surface area (Å²) in [6, 6.07) is 17.5. The van der Waals surface area contributed by atoms with E-state index < -0.39 is 0 Å². The second-order valence-corrected chi connectivity index (χ2v) is 7.59. The molecule has 1 amide bonds. The number of nitrogens with zero attached hydrogens (tertiary/aromatic N) is 2. The highest BCUT2D eigenvalue weighted by Gasteiger charge is 2.32. The number of amides is 1. The normalized spacial score (nSPS) is 16.9. The molecule has 1 aliphatic heterocycles. The Morgan fingerprint density at radius 3 is 2.58 bits per heavy atom. The summed E-state index contributed by atoms with van der Waals surface area (Å²) in [4.78, 5) is 16.8. The molecule has 0 radical (unpaired) electrons. The van der Waals surface area contributed by atoms with Gasteiger partial charge >= 0.3 is 0 Å². The zero-order chi connectivity index (χ0) is 18.1. The highest BCUT2D eigenvalue weighted by atomic mass is 16.2. The van der Waals surface area contributed by atoms with Gasteiger partial charge in [0.25, 0.3) is 0 Å². The van der Waals surface area contributed by atoms with Crippen LogP contribution in [-0.2, 0) is 11.2 Å². The number of rotatable bonds is 6. The molecule has 4 nitrogen and oxygen atoms in total. The molecule has 0 unspecified atom stereocenters. The van der Waals surface area contributed by atoms with Crippen LogP contribution in [-0.4, -0.2) is 33.1 Å². The van der Waals surface area contributed by atoms with E-state index in [1.54, 1.807) is 0 Å². The van der Waals surface area contributed by atoms with Gasteiger partial charge in [-0.1, -0.05) is 30.3 Å².